The predicted octanol–water partition coefficient (Wildman–Crippen LogP) is 4.93. The van der Waals surface area contributed by atoms with Gasteiger partial charge in [0, 0.05) is 17.0 Å². The first kappa shape index (κ1) is 19.5. The number of esters is 1. The van der Waals surface area contributed by atoms with Gasteiger partial charge >= 0.3 is 5.97 Å². The molecule has 5 heteroatoms. The van der Waals surface area contributed by atoms with E-state index in [1.807, 2.05) is 24.3 Å². The molecule has 4 rings (SSSR count). The molecule has 0 unspecified atom stereocenters. The molecule has 3 aliphatic rings. The van der Waals surface area contributed by atoms with Crippen LogP contribution >= 0.6 is 11.6 Å². The average Bonchev–Trinajstić information content (AvgIpc) is 2.73. The van der Waals surface area contributed by atoms with Gasteiger partial charge in [-0.3, -0.25) is 9.59 Å². The van der Waals surface area contributed by atoms with E-state index in [-0.39, 0.29) is 35.7 Å². The number of likely N-dealkylation sites (tertiary alicyclic amines) is 1. The van der Waals surface area contributed by atoms with Gasteiger partial charge in [0.1, 0.15) is 0 Å². The van der Waals surface area contributed by atoms with Crippen molar-refractivity contribution in [3.8, 4) is 0 Å². The lowest BCUT2D eigenvalue weighted by Gasteiger charge is -2.55. The van der Waals surface area contributed by atoms with Crippen LogP contribution in [0.4, 0.5) is 0 Å². The van der Waals surface area contributed by atoms with E-state index in [0.29, 0.717) is 11.1 Å². The van der Waals surface area contributed by atoms with Crippen molar-refractivity contribution in [3.05, 3.63) is 47.0 Å². The Kier molecular flexibility index (Phi) is 5.77. The van der Waals surface area contributed by atoms with Gasteiger partial charge in [-0.2, -0.15) is 0 Å². The second kappa shape index (κ2) is 8.28. The quantitative estimate of drug-likeness (QED) is 0.408. The highest BCUT2D eigenvalue weighted by Gasteiger charge is 2.55. The normalized spacial score (nSPS) is 30.8. The Labute approximate surface area is 171 Å². The number of hydrogen-bond acceptors (Lipinski definition) is 3. The number of amides is 1. The molecule has 1 saturated carbocycles. The summed E-state index contributed by atoms with van der Waals surface area (Å²) in [7, 11) is 1.44. The number of benzene rings is 1. The van der Waals surface area contributed by atoms with Gasteiger partial charge < -0.3 is 9.64 Å². The predicted molar refractivity (Wildman–Crippen MR) is 109 cm³/mol. The van der Waals surface area contributed by atoms with Crippen LogP contribution in [0.3, 0.4) is 0 Å². The Bertz CT molecular complexity index is 754. The summed E-state index contributed by atoms with van der Waals surface area (Å²) in [6.07, 6.45) is 11.6. The molecule has 2 fully saturated rings. The number of hydrogen-bond donors (Lipinski definition) is 0. The Morgan fingerprint density at radius 3 is 2.50 bits per heavy atom. The molecule has 1 aromatic rings. The lowest BCUT2D eigenvalue weighted by atomic mass is 9.66. The lowest BCUT2D eigenvalue weighted by molar-refractivity contribution is -0.170. The molecule has 0 bridgehead atoms. The Morgan fingerprint density at radius 2 is 1.82 bits per heavy atom. The van der Waals surface area contributed by atoms with Gasteiger partial charge in [-0.25, -0.2) is 0 Å². The third-order valence-corrected chi connectivity index (χ3v) is 7.00. The molecule has 0 radical (unpaired) electrons. The van der Waals surface area contributed by atoms with E-state index in [4.69, 9.17) is 16.3 Å². The number of methoxy groups -OCH3 is 1. The summed E-state index contributed by atoms with van der Waals surface area (Å²) in [6.45, 7) is 0. The first-order valence-corrected chi connectivity index (χ1v) is 10.8. The van der Waals surface area contributed by atoms with Crippen molar-refractivity contribution in [2.24, 2.45) is 17.8 Å². The molecule has 150 valence electrons. The second-order valence-electron chi connectivity index (χ2n) is 8.27. The molecule has 1 aliphatic heterocycles. The van der Waals surface area contributed by atoms with Crippen molar-refractivity contribution in [2.75, 3.05) is 7.11 Å². The van der Waals surface area contributed by atoms with Crippen LogP contribution < -0.4 is 0 Å². The molecule has 0 aromatic heterocycles. The maximum atomic E-state index is 13.4. The van der Waals surface area contributed by atoms with Crippen LogP contribution in [-0.4, -0.2) is 29.9 Å². The molecule has 1 saturated heterocycles. The van der Waals surface area contributed by atoms with E-state index in [1.165, 1.54) is 26.4 Å². The van der Waals surface area contributed by atoms with Crippen molar-refractivity contribution in [1.29, 1.82) is 0 Å². The third-order valence-electron chi connectivity index (χ3n) is 6.74. The van der Waals surface area contributed by atoms with Crippen LogP contribution in [0, 0.1) is 17.8 Å². The average molecular weight is 402 g/mol. The van der Waals surface area contributed by atoms with E-state index < -0.39 is 0 Å². The van der Waals surface area contributed by atoms with Crippen molar-refractivity contribution in [2.45, 2.75) is 57.0 Å². The smallest absolute Gasteiger partial charge is 0.309 e. The molecule has 1 heterocycles. The molecule has 4 nitrogen and oxygen atoms in total. The number of nitrogens with zero attached hydrogens (tertiary/aromatic N) is 1. The minimum Gasteiger partial charge on any atom is -0.469 e. The topological polar surface area (TPSA) is 46.6 Å². The van der Waals surface area contributed by atoms with Crippen LogP contribution in [-0.2, 0) is 14.3 Å². The molecule has 0 N–H and O–H groups in total. The summed E-state index contributed by atoms with van der Waals surface area (Å²) in [4.78, 5) is 27.9. The Balaban J connectivity index is 1.67. The third kappa shape index (κ3) is 3.47. The summed E-state index contributed by atoms with van der Waals surface area (Å²) in [5.74, 6) is -0.560. The minimum atomic E-state index is -0.243. The van der Waals surface area contributed by atoms with E-state index >= 15 is 0 Å². The Morgan fingerprint density at radius 1 is 1.11 bits per heavy atom. The van der Waals surface area contributed by atoms with Crippen LogP contribution in [0.2, 0.25) is 5.02 Å². The molecular weight excluding hydrogens is 374 g/mol. The Hall–Kier alpha value is -1.81. The van der Waals surface area contributed by atoms with E-state index in [9.17, 15) is 9.59 Å². The second-order valence-corrected chi connectivity index (χ2v) is 8.71. The standard InChI is InChI=1S/C23H28ClNO3/c1-28-23(27)19-10-6-5-9-18(19)20-21(15-11-13-16(24)14-12-15)25(22(20)26)17-7-3-2-4-8-17/h5,9,11-14,17-21H,2-4,6-8,10H2,1H3/t18-,19+,20-,21+/m1/s1. The first-order chi connectivity index (χ1) is 13.6. The van der Waals surface area contributed by atoms with Crippen molar-refractivity contribution in [3.63, 3.8) is 0 Å². The first-order valence-electron chi connectivity index (χ1n) is 10.4. The lowest BCUT2D eigenvalue weighted by Crippen LogP contribution is -2.62. The maximum absolute atomic E-state index is 13.4. The van der Waals surface area contributed by atoms with Gasteiger partial charge in [0.05, 0.1) is 25.0 Å². The highest BCUT2D eigenvalue weighted by Crippen LogP contribution is 2.51. The zero-order valence-corrected chi connectivity index (χ0v) is 17.1. The van der Waals surface area contributed by atoms with E-state index in [0.717, 1.165) is 31.2 Å². The molecule has 0 spiro atoms. The van der Waals surface area contributed by atoms with Crippen LogP contribution in [0.25, 0.3) is 0 Å². The highest BCUT2D eigenvalue weighted by atomic mass is 35.5. The summed E-state index contributed by atoms with van der Waals surface area (Å²) >= 11 is 6.11. The van der Waals surface area contributed by atoms with Crippen molar-refractivity contribution >= 4 is 23.5 Å². The molecular formula is C23H28ClNO3. The fraction of sp³-hybridized carbons (Fsp3) is 0.565. The molecule has 4 atom stereocenters. The zero-order valence-electron chi connectivity index (χ0n) is 16.4. The van der Waals surface area contributed by atoms with Gasteiger partial charge in [0.2, 0.25) is 5.91 Å². The number of carbonyl (C=O) groups is 2. The SMILES string of the molecule is COC(=O)[C@H]1CCC=C[C@H]1[C@H]1C(=O)N(C2CCCCC2)[C@H]1c1ccc(Cl)cc1. The number of β-lactam (4-membered cyclic amide) rings is 1. The van der Waals surface area contributed by atoms with Gasteiger partial charge in [0.25, 0.3) is 0 Å². The molecule has 1 amide bonds. The van der Waals surface area contributed by atoms with E-state index in [2.05, 4.69) is 17.1 Å². The maximum Gasteiger partial charge on any atom is 0.309 e. The molecule has 2 aliphatic carbocycles. The van der Waals surface area contributed by atoms with E-state index in [1.54, 1.807) is 0 Å². The monoisotopic (exact) mass is 401 g/mol. The zero-order chi connectivity index (χ0) is 19.7. The van der Waals surface area contributed by atoms with Crippen LogP contribution in [0.15, 0.2) is 36.4 Å². The number of allylic oxidation sites excluding steroid dienone is 2. The largest absolute Gasteiger partial charge is 0.469 e. The number of carbonyl (C=O) groups excluding carboxylic acids is 2. The van der Waals surface area contributed by atoms with Gasteiger partial charge in [-0.05, 0) is 43.4 Å². The highest BCUT2D eigenvalue weighted by molar-refractivity contribution is 6.30. The number of ether oxygens (including phenoxy) is 1. The van der Waals surface area contributed by atoms with Crippen molar-refractivity contribution < 1.29 is 14.3 Å². The summed E-state index contributed by atoms with van der Waals surface area (Å²) < 4.78 is 5.06. The molecule has 28 heavy (non-hydrogen) atoms. The van der Waals surface area contributed by atoms with Crippen molar-refractivity contribution in [1.82, 2.24) is 4.90 Å². The number of rotatable bonds is 4. The fourth-order valence-electron chi connectivity index (χ4n) is 5.36. The van der Waals surface area contributed by atoms with Gasteiger partial charge in [-0.1, -0.05) is 55.1 Å². The summed E-state index contributed by atoms with van der Waals surface area (Å²) in [5.41, 5.74) is 1.11. The fourth-order valence-corrected chi connectivity index (χ4v) is 5.48. The number of halogens is 1. The summed E-state index contributed by atoms with van der Waals surface area (Å²) in [6, 6.07) is 8.16. The van der Waals surface area contributed by atoms with Crippen LogP contribution in [0.5, 0.6) is 0 Å². The van der Waals surface area contributed by atoms with Gasteiger partial charge in [-0.15, -0.1) is 0 Å². The minimum absolute atomic E-state index is 0.00720. The molecule has 1 aromatic carbocycles. The summed E-state index contributed by atoms with van der Waals surface area (Å²) in [5, 5.41) is 0.695. The van der Waals surface area contributed by atoms with Gasteiger partial charge in [0.15, 0.2) is 0 Å². The van der Waals surface area contributed by atoms with Crippen LogP contribution in [0.1, 0.15) is 56.6 Å².